The normalized spacial score (nSPS) is 11.9. The van der Waals surface area contributed by atoms with Gasteiger partial charge in [0.2, 0.25) is 10.0 Å². The van der Waals surface area contributed by atoms with Crippen LogP contribution in [0.1, 0.15) is 27.1 Å². The van der Waals surface area contributed by atoms with E-state index in [0.29, 0.717) is 11.1 Å². The molecule has 3 rings (SSSR count). The van der Waals surface area contributed by atoms with E-state index in [4.69, 9.17) is 0 Å². The van der Waals surface area contributed by atoms with Gasteiger partial charge in [-0.25, -0.2) is 13.8 Å². The number of benzene rings is 2. The number of carbonyl (C=O) groups excluding carboxylic acids is 1. The topological polar surface area (TPSA) is 78.8 Å². The molecule has 0 atom stereocenters. The van der Waals surface area contributed by atoms with Gasteiger partial charge >= 0.3 is 0 Å². The highest BCUT2D eigenvalue weighted by atomic mass is 32.2. The van der Waals surface area contributed by atoms with Crippen molar-refractivity contribution >= 4 is 33.5 Å². The van der Waals surface area contributed by atoms with Crippen LogP contribution in [0.4, 0.5) is 0 Å². The third kappa shape index (κ3) is 5.88. The van der Waals surface area contributed by atoms with Gasteiger partial charge in [0.1, 0.15) is 0 Å². The van der Waals surface area contributed by atoms with Gasteiger partial charge in [-0.05, 0) is 48.9 Å². The summed E-state index contributed by atoms with van der Waals surface area (Å²) in [5.74, 6) is -0.505. The van der Waals surface area contributed by atoms with Crippen molar-refractivity contribution in [3.8, 4) is 0 Å². The van der Waals surface area contributed by atoms with Crippen molar-refractivity contribution < 1.29 is 13.2 Å². The number of rotatable bonds is 8. The number of nitrogens with zero attached hydrogens (tertiary/aromatic N) is 2. The van der Waals surface area contributed by atoms with E-state index in [0.717, 1.165) is 16.0 Å². The maximum absolute atomic E-state index is 13.6. The second-order valence-corrected chi connectivity index (χ2v) is 10.1. The molecular formula is C23H25N3O3S2. The van der Waals surface area contributed by atoms with Crippen LogP contribution in [-0.4, -0.2) is 31.4 Å². The monoisotopic (exact) mass is 455 g/mol. The molecule has 8 heteroatoms. The van der Waals surface area contributed by atoms with Gasteiger partial charge in [-0.15, -0.1) is 11.3 Å². The molecule has 162 valence electrons. The van der Waals surface area contributed by atoms with Gasteiger partial charge in [-0.2, -0.15) is 9.41 Å². The van der Waals surface area contributed by atoms with E-state index in [1.54, 1.807) is 13.8 Å². The van der Waals surface area contributed by atoms with Crippen molar-refractivity contribution in [2.75, 3.05) is 6.54 Å². The van der Waals surface area contributed by atoms with E-state index in [1.165, 1.54) is 21.9 Å². The van der Waals surface area contributed by atoms with Crippen molar-refractivity contribution in [1.29, 1.82) is 0 Å². The summed E-state index contributed by atoms with van der Waals surface area (Å²) in [5, 5.41) is 5.85. The minimum absolute atomic E-state index is 0.0813. The zero-order valence-corrected chi connectivity index (χ0v) is 19.3. The Morgan fingerprint density at radius 3 is 2.35 bits per heavy atom. The van der Waals surface area contributed by atoms with Crippen LogP contribution in [0, 0.1) is 20.8 Å². The predicted molar refractivity (Wildman–Crippen MR) is 125 cm³/mol. The van der Waals surface area contributed by atoms with Gasteiger partial charge in [-0.1, -0.05) is 54.1 Å². The maximum Gasteiger partial charge on any atom is 0.255 e. The molecule has 31 heavy (non-hydrogen) atoms. The Balaban J connectivity index is 1.88. The average molecular weight is 456 g/mol. The average Bonchev–Trinajstić information content (AvgIpc) is 3.21. The van der Waals surface area contributed by atoms with E-state index in [1.807, 2.05) is 66.9 Å². The molecule has 6 nitrogen and oxygen atoms in total. The summed E-state index contributed by atoms with van der Waals surface area (Å²) in [5.41, 5.74) is 5.53. The van der Waals surface area contributed by atoms with Gasteiger partial charge in [0.25, 0.3) is 5.91 Å². The van der Waals surface area contributed by atoms with Crippen LogP contribution in [0.5, 0.6) is 0 Å². The molecule has 0 radical (unpaired) electrons. The molecule has 0 bridgehead atoms. The van der Waals surface area contributed by atoms with E-state index >= 15 is 0 Å². The van der Waals surface area contributed by atoms with Crippen LogP contribution in [0.25, 0.3) is 0 Å². The number of carbonyl (C=O) groups is 1. The van der Waals surface area contributed by atoms with Crippen molar-refractivity contribution in [2.45, 2.75) is 32.2 Å². The first kappa shape index (κ1) is 22.9. The lowest BCUT2D eigenvalue weighted by Crippen LogP contribution is -2.39. The molecule has 0 saturated carbocycles. The molecule has 0 aliphatic heterocycles. The number of amides is 1. The Hall–Kier alpha value is -2.81. The minimum Gasteiger partial charge on any atom is -0.272 e. The molecule has 0 aliphatic carbocycles. The summed E-state index contributed by atoms with van der Waals surface area (Å²) < 4.78 is 28.4. The summed E-state index contributed by atoms with van der Waals surface area (Å²) in [6.45, 7) is 5.22. The number of aryl methyl sites for hydroxylation is 3. The van der Waals surface area contributed by atoms with Crippen LogP contribution < -0.4 is 5.43 Å². The van der Waals surface area contributed by atoms with E-state index in [9.17, 15) is 13.2 Å². The predicted octanol–water partition coefficient (Wildman–Crippen LogP) is 4.01. The molecule has 1 heterocycles. The maximum atomic E-state index is 13.6. The van der Waals surface area contributed by atoms with Crippen LogP contribution in [0.2, 0.25) is 0 Å². The number of hydrogen-bond acceptors (Lipinski definition) is 5. The molecule has 0 fully saturated rings. The Kier molecular flexibility index (Phi) is 7.37. The fraction of sp³-hybridized carbons (Fsp3) is 0.217. The lowest BCUT2D eigenvalue weighted by molar-refractivity contribution is -0.121. The van der Waals surface area contributed by atoms with Crippen LogP contribution >= 0.6 is 11.3 Å². The van der Waals surface area contributed by atoms with Gasteiger partial charge in [-0.3, -0.25) is 4.79 Å². The second kappa shape index (κ2) is 10.00. The highest BCUT2D eigenvalue weighted by Crippen LogP contribution is 2.26. The second-order valence-electron chi connectivity index (χ2n) is 7.30. The number of hydrogen-bond donors (Lipinski definition) is 1. The highest BCUT2D eigenvalue weighted by molar-refractivity contribution is 7.89. The molecular weight excluding hydrogens is 430 g/mol. The number of nitrogens with one attached hydrogen (secondary N) is 1. The molecule has 0 unspecified atom stereocenters. The molecule has 0 aliphatic rings. The van der Waals surface area contributed by atoms with E-state index in [2.05, 4.69) is 10.5 Å². The Morgan fingerprint density at radius 2 is 1.74 bits per heavy atom. The molecule has 1 amide bonds. The van der Waals surface area contributed by atoms with E-state index < -0.39 is 15.9 Å². The first-order valence-corrected chi connectivity index (χ1v) is 12.1. The van der Waals surface area contributed by atoms with Crippen molar-refractivity contribution in [2.24, 2.45) is 5.10 Å². The van der Waals surface area contributed by atoms with Gasteiger partial charge in [0.15, 0.2) is 0 Å². The summed E-state index contributed by atoms with van der Waals surface area (Å²) in [7, 11) is -3.92. The molecule has 1 aromatic heterocycles. The number of thiophene rings is 1. The third-order valence-electron chi connectivity index (χ3n) is 4.65. The van der Waals surface area contributed by atoms with Gasteiger partial charge in [0.05, 0.1) is 17.7 Å². The number of sulfonamides is 1. The van der Waals surface area contributed by atoms with Crippen LogP contribution in [-0.2, 0) is 21.4 Å². The Labute approximate surface area is 187 Å². The summed E-state index contributed by atoms with van der Waals surface area (Å²) >= 11 is 1.49. The Morgan fingerprint density at radius 1 is 1.06 bits per heavy atom. The third-order valence-corrected chi connectivity index (χ3v) is 7.55. The number of hydrazone groups is 1. The summed E-state index contributed by atoms with van der Waals surface area (Å²) in [6.07, 6.45) is 1.53. The fourth-order valence-corrected chi connectivity index (χ4v) is 5.82. The highest BCUT2D eigenvalue weighted by Gasteiger charge is 2.29. The smallest absolute Gasteiger partial charge is 0.255 e. The van der Waals surface area contributed by atoms with Crippen molar-refractivity contribution in [1.82, 2.24) is 9.73 Å². The molecule has 1 N–H and O–H groups in total. The standard InChI is InChI=1S/C23H25N3O3S2/c1-17-12-18(2)23(19(3)13-17)31(28,29)26(15-20-8-5-4-6-9-20)16-22(27)25-24-14-21-10-7-11-30-21/h4-14H,15-16H2,1-3H3,(H,25,27)/b24-14-. The van der Waals surface area contributed by atoms with Crippen molar-refractivity contribution in [3.63, 3.8) is 0 Å². The lowest BCUT2D eigenvalue weighted by atomic mass is 10.1. The molecule has 0 saturated heterocycles. The molecule has 2 aromatic carbocycles. The summed E-state index contributed by atoms with van der Waals surface area (Å²) in [4.78, 5) is 13.7. The zero-order valence-electron chi connectivity index (χ0n) is 17.7. The van der Waals surface area contributed by atoms with Gasteiger partial charge in [0, 0.05) is 11.4 Å². The molecule has 3 aromatic rings. The largest absolute Gasteiger partial charge is 0.272 e. The van der Waals surface area contributed by atoms with E-state index in [-0.39, 0.29) is 18.0 Å². The summed E-state index contributed by atoms with van der Waals surface area (Å²) in [6, 6.07) is 16.7. The first-order valence-electron chi connectivity index (χ1n) is 9.74. The molecule has 0 spiro atoms. The first-order chi connectivity index (χ1) is 14.8. The van der Waals surface area contributed by atoms with Crippen LogP contribution in [0.15, 0.2) is 70.0 Å². The Bertz CT molecular complexity index is 1150. The van der Waals surface area contributed by atoms with Gasteiger partial charge < -0.3 is 0 Å². The van der Waals surface area contributed by atoms with Crippen LogP contribution in [0.3, 0.4) is 0 Å². The quantitative estimate of drug-likeness (QED) is 0.412. The zero-order chi connectivity index (χ0) is 22.4. The SMILES string of the molecule is Cc1cc(C)c(S(=O)(=O)N(CC(=O)N/N=C\c2cccs2)Cc2ccccc2)c(C)c1. The minimum atomic E-state index is -3.92. The fourth-order valence-electron chi connectivity index (χ4n) is 3.44. The van der Waals surface area contributed by atoms with Crippen molar-refractivity contribution in [3.05, 3.63) is 87.1 Å². The lowest BCUT2D eigenvalue weighted by Gasteiger charge is -2.24.